The Bertz CT molecular complexity index is 830. The highest BCUT2D eigenvalue weighted by molar-refractivity contribution is 14.0. The first-order chi connectivity index (χ1) is 15.6. The molecule has 1 aliphatic heterocycles. The number of nitrogens with one attached hydrogen (secondary N) is 2. The predicted octanol–water partition coefficient (Wildman–Crippen LogP) is 4.85. The maximum Gasteiger partial charge on any atom is 0.191 e. The van der Waals surface area contributed by atoms with Gasteiger partial charge in [-0.25, -0.2) is 0 Å². The summed E-state index contributed by atoms with van der Waals surface area (Å²) >= 11 is 0. The van der Waals surface area contributed by atoms with Crippen molar-refractivity contribution in [2.45, 2.75) is 51.9 Å². The highest BCUT2D eigenvalue weighted by Crippen LogP contribution is 2.33. The third kappa shape index (κ3) is 8.79. The molecular weight excluding hydrogens is 529 g/mol. The molecule has 3 atom stereocenters. The van der Waals surface area contributed by atoms with Crippen molar-refractivity contribution in [2.24, 2.45) is 10.9 Å². The van der Waals surface area contributed by atoms with E-state index in [1.165, 1.54) is 5.56 Å². The van der Waals surface area contributed by atoms with Crippen LogP contribution in [0.3, 0.4) is 0 Å². The van der Waals surface area contributed by atoms with Crippen molar-refractivity contribution in [1.82, 2.24) is 10.6 Å². The van der Waals surface area contributed by atoms with Gasteiger partial charge in [-0.3, -0.25) is 4.99 Å². The van der Waals surface area contributed by atoms with E-state index in [9.17, 15) is 5.11 Å². The molecule has 0 spiro atoms. The number of aliphatic hydroxyl groups excluding tert-OH is 1. The zero-order chi connectivity index (χ0) is 22.8. The van der Waals surface area contributed by atoms with Gasteiger partial charge in [-0.1, -0.05) is 42.5 Å². The van der Waals surface area contributed by atoms with Gasteiger partial charge in [-0.15, -0.1) is 24.0 Å². The maximum atomic E-state index is 10.6. The van der Waals surface area contributed by atoms with Gasteiger partial charge in [0.1, 0.15) is 5.75 Å². The Balaban J connectivity index is 0.00000385. The van der Waals surface area contributed by atoms with Crippen molar-refractivity contribution in [2.75, 3.05) is 26.2 Å². The summed E-state index contributed by atoms with van der Waals surface area (Å²) in [7, 11) is 0. The second-order valence-corrected chi connectivity index (χ2v) is 8.46. The quantitative estimate of drug-likeness (QED) is 0.230. The molecule has 3 N–H and O–H groups in total. The highest BCUT2D eigenvalue weighted by Gasteiger charge is 2.27. The third-order valence-corrected chi connectivity index (χ3v) is 5.51. The number of aliphatic imine (C=N–C) groups is 1. The van der Waals surface area contributed by atoms with Crippen molar-refractivity contribution in [3.63, 3.8) is 0 Å². The lowest BCUT2D eigenvalue weighted by atomic mass is 9.89. The first-order valence-corrected chi connectivity index (χ1v) is 11.7. The molecular formula is C26H38IN3O3. The Morgan fingerprint density at radius 2 is 1.85 bits per heavy atom. The fraction of sp³-hybridized carbons (Fsp3) is 0.500. The summed E-state index contributed by atoms with van der Waals surface area (Å²) in [5, 5.41) is 17.3. The first kappa shape index (κ1) is 27.4. The van der Waals surface area contributed by atoms with E-state index >= 15 is 0 Å². The maximum absolute atomic E-state index is 10.6. The van der Waals surface area contributed by atoms with Crippen molar-refractivity contribution >= 4 is 29.9 Å². The molecule has 3 unspecified atom stereocenters. The molecule has 0 amide bonds. The number of nitrogens with zero attached hydrogens (tertiary/aromatic N) is 1. The molecule has 1 fully saturated rings. The summed E-state index contributed by atoms with van der Waals surface area (Å²) in [5.74, 6) is 1.88. The number of aliphatic hydroxyl groups is 1. The van der Waals surface area contributed by atoms with Crippen molar-refractivity contribution < 1.29 is 14.6 Å². The minimum Gasteiger partial charge on any atom is -0.491 e. The van der Waals surface area contributed by atoms with Gasteiger partial charge in [-0.05, 0) is 56.9 Å². The molecule has 0 bridgehead atoms. The van der Waals surface area contributed by atoms with Gasteiger partial charge in [0.2, 0.25) is 0 Å². The van der Waals surface area contributed by atoms with Crippen LogP contribution < -0.4 is 15.4 Å². The van der Waals surface area contributed by atoms with E-state index in [1.807, 2.05) is 51.1 Å². The van der Waals surface area contributed by atoms with Crippen LogP contribution in [0.1, 0.15) is 56.9 Å². The summed E-state index contributed by atoms with van der Waals surface area (Å²) in [5.41, 5.74) is 2.05. The van der Waals surface area contributed by atoms with E-state index in [0.717, 1.165) is 43.9 Å². The van der Waals surface area contributed by atoms with Crippen LogP contribution in [0.2, 0.25) is 0 Å². The molecule has 6 nitrogen and oxygen atoms in total. The molecule has 1 aliphatic rings. The Morgan fingerprint density at radius 1 is 1.12 bits per heavy atom. The number of benzene rings is 2. The van der Waals surface area contributed by atoms with E-state index in [0.29, 0.717) is 11.9 Å². The lowest BCUT2D eigenvalue weighted by molar-refractivity contribution is -0.0265. The number of halogens is 1. The highest BCUT2D eigenvalue weighted by atomic mass is 127. The van der Waals surface area contributed by atoms with E-state index in [1.54, 1.807) is 0 Å². The van der Waals surface area contributed by atoms with E-state index in [2.05, 4.69) is 39.9 Å². The lowest BCUT2D eigenvalue weighted by Gasteiger charge is -2.32. The second kappa shape index (κ2) is 14.4. The van der Waals surface area contributed by atoms with Gasteiger partial charge in [0, 0.05) is 25.6 Å². The fourth-order valence-corrected chi connectivity index (χ4v) is 3.96. The monoisotopic (exact) mass is 567 g/mol. The number of rotatable bonds is 9. The van der Waals surface area contributed by atoms with Gasteiger partial charge in [0.05, 0.1) is 24.9 Å². The Kier molecular flexibility index (Phi) is 12.0. The van der Waals surface area contributed by atoms with Gasteiger partial charge in [-0.2, -0.15) is 0 Å². The van der Waals surface area contributed by atoms with Crippen LogP contribution >= 0.6 is 24.0 Å². The first-order valence-electron chi connectivity index (χ1n) is 11.7. The molecule has 0 radical (unpaired) electrons. The standard InChI is InChI=1S/C26H37N3O3.HI/c1-4-27-26(29-18-24(30)20-12-14-23(15-13-20)32-19(2)3)28-17-22-11-8-16-31-25(22)21-9-6-5-7-10-21;/h5-7,9-10,12-15,19,22,24-25,30H,4,8,11,16-18H2,1-3H3,(H2,27,28,29);1H. The van der Waals surface area contributed by atoms with Crippen LogP contribution in [0.15, 0.2) is 59.6 Å². The molecule has 1 saturated heterocycles. The SMILES string of the molecule is CCNC(=NCC(O)c1ccc(OC(C)C)cc1)NCC1CCCOC1c1ccccc1.I. The summed E-state index contributed by atoms with van der Waals surface area (Å²) in [4.78, 5) is 4.62. The third-order valence-electron chi connectivity index (χ3n) is 5.51. The molecule has 2 aromatic rings. The molecule has 0 aromatic heterocycles. The van der Waals surface area contributed by atoms with Crippen LogP contribution in [0.25, 0.3) is 0 Å². The summed E-state index contributed by atoms with van der Waals surface area (Å²) in [6.07, 6.45) is 1.73. The van der Waals surface area contributed by atoms with Crippen LogP contribution in [0.5, 0.6) is 5.75 Å². The Labute approximate surface area is 215 Å². The number of hydrogen-bond acceptors (Lipinski definition) is 4. The molecule has 33 heavy (non-hydrogen) atoms. The summed E-state index contributed by atoms with van der Waals surface area (Å²) in [6.45, 7) is 8.63. The van der Waals surface area contributed by atoms with Crippen LogP contribution in [0.4, 0.5) is 0 Å². The van der Waals surface area contributed by atoms with E-state index < -0.39 is 6.10 Å². The van der Waals surface area contributed by atoms with Gasteiger partial charge in [0.25, 0.3) is 0 Å². The largest absolute Gasteiger partial charge is 0.491 e. The van der Waals surface area contributed by atoms with Crippen molar-refractivity contribution in [3.8, 4) is 5.75 Å². The smallest absolute Gasteiger partial charge is 0.191 e. The molecule has 7 heteroatoms. The minimum atomic E-state index is -0.673. The van der Waals surface area contributed by atoms with E-state index in [4.69, 9.17) is 9.47 Å². The number of hydrogen-bond donors (Lipinski definition) is 3. The zero-order valence-corrected chi connectivity index (χ0v) is 22.2. The Morgan fingerprint density at radius 3 is 2.52 bits per heavy atom. The van der Waals surface area contributed by atoms with Crippen LogP contribution in [-0.2, 0) is 4.74 Å². The average molecular weight is 568 g/mol. The number of guanidine groups is 1. The molecule has 182 valence electrons. The second-order valence-electron chi connectivity index (χ2n) is 8.46. The van der Waals surface area contributed by atoms with Crippen molar-refractivity contribution in [3.05, 3.63) is 65.7 Å². The Hall–Kier alpha value is -1.84. The predicted molar refractivity (Wildman–Crippen MR) is 144 cm³/mol. The summed E-state index contributed by atoms with van der Waals surface area (Å²) in [6, 6.07) is 18.0. The molecule has 2 aromatic carbocycles. The van der Waals surface area contributed by atoms with Crippen LogP contribution in [0, 0.1) is 5.92 Å². The van der Waals surface area contributed by atoms with Crippen LogP contribution in [-0.4, -0.2) is 43.4 Å². The van der Waals surface area contributed by atoms with Gasteiger partial charge in [0.15, 0.2) is 5.96 Å². The molecule has 3 rings (SSSR count). The molecule has 0 aliphatic carbocycles. The van der Waals surface area contributed by atoms with Crippen molar-refractivity contribution in [1.29, 1.82) is 0 Å². The summed E-state index contributed by atoms with van der Waals surface area (Å²) < 4.78 is 11.8. The average Bonchev–Trinajstić information content (AvgIpc) is 2.81. The molecule has 1 heterocycles. The molecule has 0 saturated carbocycles. The normalized spacial score (nSPS) is 19.5. The topological polar surface area (TPSA) is 75.1 Å². The number of ether oxygens (including phenoxy) is 2. The van der Waals surface area contributed by atoms with E-state index in [-0.39, 0.29) is 42.7 Å². The van der Waals surface area contributed by atoms with Gasteiger partial charge >= 0.3 is 0 Å². The lowest BCUT2D eigenvalue weighted by Crippen LogP contribution is -2.42. The van der Waals surface area contributed by atoms with Gasteiger partial charge < -0.3 is 25.2 Å². The fourth-order valence-electron chi connectivity index (χ4n) is 3.96. The minimum absolute atomic E-state index is 0. The zero-order valence-electron chi connectivity index (χ0n) is 19.9.